The number of halogens is 2. The zero-order valence-corrected chi connectivity index (χ0v) is 24.0. The second-order valence-corrected chi connectivity index (χ2v) is 11.6. The number of ether oxygens (including phenoxy) is 1. The van der Waals surface area contributed by atoms with Gasteiger partial charge in [0.15, 0.2) is 0 Å². The predicted molar refractivity (Wildman–Crippen MR) is 158 cm³/mol. The summed E-state index contributed by atoms with van der Waals surface area (Å²) >= 11 is 6.04. The van der Waals surface area contributed by atoms with E-state index in [1.54, 1.807) is 30.3 Å². The predicted octanol–water partition coefficient (Wildman–Crippen LogP) is 6.22. The molecule has 0 bridgehead atoms. The van der Waals surface area contributed by atoms with Crippen molar-refractivity contribution in [2.45, 2.75) is 58.0 Å². The van der Waals surface area contributed by atoms with Gasteiger partial charge in [0.2, 0.25) is 0 Å². The van der Waals surface area contributed by atoms with Crippen molar-refractivity contribution in [3.63, 3.8) is 0 Å². The maximum Gasteiger partial charge on any atom is 0.335 e. The average Bonchev–Trinajstić information content (AvgIpc) is 3.49. The molecule has 1 saturated heterocycles. The third-order valence-electron chi connectivity index (χ3n) is 8.63. The van der Waals surface area contributed by atoms with Crippen LogP contribution >= 0.6 is 11.6 Å². The SMILES string of the molecule is CC[C@H](c1ccc(Cl)cc1F)c1cccc2c1nc1n2CCN(Cc2nc3ccc(C(=O)O)cc3n2C[C@@H]2CCO2)C1. The molecule has 42 heavy (non-hydrogen) atoms. The van der Waals surface area contributed by atoms with Gasteiger partial charge >= 0.3 is 5.97 Å². The van der Waals surface area contributed by atoms with E-state index >= 15 is 0 Å². The first-order valence-electron chi connectivity index (χ1n) is 14.4. The number of benzene rings is 3. The lowest BCUT2D eigenvalue weighted by Crippen LogP contribution is -2.35. The van der Waals surface area contributed by atoms with Crippen LogP contribution < -0.4 is 0 Å². The molecule has 0 saturated carbocycles. The zero-order chi connectivity index (χ0) is 29.0. The lowest BCUT2D eigenvalue weighted by molar-refractivity contribution is -0.0592. The molecule has 5 aromatic rings. The minimum absolute atomic E-state index is 0.107. The van der Waals surface area contributed by atoms with Gasteiger partial charge in [0.05, 0.1) is 53.4 Å². The minimum atomic E-state index is -0.954. The van der Waals surface area contributed by atoms with Crippen molar-refractivity contribution in [2.24, 2.45) is 0 Å². The second kappa shape index (κ2) is 10.8. The van der Waals surface area contributed by atoms with Crippen molar-refractivity contribution in [1.29, 1.82) is 0 Å². The first kappa shape index (κ1) is 27.1. The number of hydrogen-bond acceptors (Lipinski definition) is 5. The molecule has 8 nitrogen and oxygen atoms in total. The summed E-state index contributed by atoms with van der Waals surface area (Å²) in [5, 5.41) is 9.95. The van der Waals surface area contributed by atoms with E-state index in [1.807, 2.05) is 6.07 Å². The number of imidazole rings is 2. The number of hydrogen-bond donors (Lipinski definition) is 1. The number of carboxylic acids is 1. The van der Waals surface area contributed by atoms with Gasteiger partial charge < -0.3 is 19.0 Å². The van der Waals surface area contributed by atoms with E-state index in [0.717, 1.165) is 71.8 Å². The Kier molecular flexibility index (Phi) is 6.96. The molecule has 3 aromatic carbocycles. The molecule has 0 unspecified atom stereocenters. The van der Waals surface area contributed by atoms with E-state index in [1.165, 1.54) is 6.07 Å². The summed E-state index contributed by atoms with van der Waals surface area (Å²) in [4.78, 5) is 24.0. The second-order valence-electron chi connectivity index (χ2n) is 11.2. The van der Waals surface area contributed by atoms with Crippen LogP contribution in [0.1, 0.15) is 58.8 Å². The fraction of sp³-hybridized carbons (Fsp3) is 0.344. The van der Waals surface area contributed by atoms with Crippen LogP contribution in [0, 0.1) is 5.82 Å². The molecule has 2 aliphatic rings. The van der Waals surface area contributed by atoms with Gasteiger partial charge in [0.25, 0.3) is 0 Å². The zero-order valence-electron chi connectivity index (χ0n) is 23.3. The normalized spacial score (nSPS) is 17.8. The van der Waals surface area contributed by atoms with Crippen LogP contribution in [-0.4, -0.2) is 54.3 Å². The van der Waals surface area contributed by atoms with Crippen LogP contribution in [0.2, 0.25) is 5.02 Å². The third kappa shape index (κ3) is 4.75. The standard InChI is InChI=1S/C32H31ClFN5O3/c1-2-22(23-8-7-20(33)15-25(23)34)24-4-3-5-27-31(24)36-30-18-37(11-12-38(27)30)17-29-35-26-9-6-19(32(40)41)14-28(26)39(29)16-21-10-13-42-21/h3-9,14-15,21-22H,2,10-13,16-18H2,1H3,(H,40,41)/t21-,22+/m0/s1. The summed E-state index contributed by atoms with van der Waals surface area (Å²) in [5.41, 5.74) is 5.45. The highest BCUT2D eigenvalue weighted by atomic mass is 35.5. The van der Waals surface area contributed by atoms with Crippen molar-refractivity contribution in [3.8, 4) is 0 Å². The molecule has 0 spiro atoms. The molecule has 2 aromatic heterocycles. The molecular formula is C32H31ClFN5O3. The van der Waals surface area contributed by atoms with Crippen LogP contribution in [-0.2, 0) is 30.9 Å². The summed E-state index contributed by atoms with van der Waals surface area (Å²) in [6, 6.07) is 16.2. The molecule has 4 heterocycles. The van der Waals surface area contributed by atoms with Gasteiger partial charge in [-0.3, -0.25) is 4.90 Å². The van der Waals surface area contributed by atoms with Crippen molar-refractivity contribution in [2.75, 3.05) is 13.2 Å². The third-order valence-corrected chi connectivity index (χ3v) is 8.87. The van der Waals surface area contributed by atoms with Crippen LogP contribution in [0.15, 0.2) is 54.6 Å². The number of rotatable bonds is 8. The lowest BCUT2D eigenvalue weighted by Gasteiger charge is -2.30. The highest BCUT2D eigenvalue weighted by Crippen LogP contribution is 2.36. The molecule has 0 radical (unpaired) electrons. The Labute approximate surface area is 247 Å². The van der Waals surface area contributed by atoms with Gasteiger partial charge in [0, 0.05) is 30.6 Å². The monoisotopic (exact) mass is 587 g/mol. The Morgan fingerprint density at radius 3 is 2.71 bits per heavy atom. The van der Waals surface area contributed by atoms with E-state index in [9.17, 15) is 14.3 Å². The van der Waals surface area contributed by atoms with E-state index in [0.29, 0.717) is 30.2 Å². The van der Waals surface area contributed by atoms with E-state index in [-0.39, 0.29) is 23.4 Å². The molecule has 2 aliphatic heterocycles. The molecular weight excluding hydrogens is 557 g/mol. The molecule has 0 aliphatic carbocycles. The smallest absolute Gasteiger partial charge is 0.335 e. The van der Waals surface area contributed by atoms with Crippen LogP contribution in [0.5, 0.6) is 0 Å². The quantitative estimate of drug-likeness (QED) is 0.232. The molecule has 10 heteroatoms. The maximum atomic E-state index is 15.0. The van der Waals surface area contributed by atoms with Crippen molar-refractivity contribution >= 4 is 39.6 Å². The van der Waals surface area contributed by atoms with Gasteiger partial charge in [0.1, 0.15) is 17.5 Å². The van der Waals surface area contributed by atoms with Gasteiger partial charge in [-0.15, -0.1) is 0 Å². The number of nitrogens with zero attached hydrogens (tertiary/aromatic N) is 5. The molecule has 7 rings (SSSR count). The number of carbonyl (C=O) groups is 1. The topological polar surface area (TPSA) is 85.4 Å². The molecule has 0 amide bonds. The van der Waals surface area contributed by atoms with Crippen LogP contribution in [0.3, 0.4) is 0 Å². The first-order valence-corrected chi connectivity index (χ1v) is 14.8. The summed E-state index contributed by atoms with van der Waals surface area (Å²) < 4.78 is 25.1. The Hall–Kier alpha value is -3.79. The Balaban J connectivity index is 1.20. The number of carboxylic acid groups (broad SMARTS) is 1. The van der Waals surface area contributed by atoms with Gasteiger partial charge in [-0.05, 0) is 60.4 Å². The number of aromatic nitrogens is 4. The van der Waals surface area contributed by atoms with Crippen molar-refractivity contribution < 1.29 is 19.0 Å². The largest absolute Gasteiger partial charge is 0.478 e. The minimum Gasteiger partial charge on any atom is -0.478 e. The molecule has 1 N–H and O–H groups in total. The highest BCUT2D eigenvalue weighted by molar-refractivity contribution is 6.30. The number of aromatic carboxylic acids is 1. The molecule has 1 fully saturated rings. The Bertz CT molecular complexity index is 1830. The average molecular weight is 588 g/mol. The lowest BCUT2D eigenvalue weighted by atomic mass is 9.88. The first-order chi connectivity index (χ1) is 20.4. The summed E-state index contributed by atoms with van der Waals surface area (Å²) in [5.74, 6) is 0.464. The summed E-state index contributed by atoms with van der Waals surface area (Å²) in [6.45, 7) is 6.30. The van der Waals surface area contributed by atoms with Crippen LogP contribution in [0.4, 0.5) is 4.39 Å². The number of para-hydroxylation sites is 1. The van der Waals surface area contributed by atoms with E-state index < -0.39 is 5.97 Å². The van der Waals surface area contributed by atoms with Crippen molar-refractivity contribution in [1.82, 2.24) is 24.0 Å². The maximum absolute atomic E-state index is 15.0. The van der Waals surface area contributed by atoms with Gasteiger partial charge in [-0.2, -0.15) is 0 Å². The Morgan fingerprint density at radius 2 is 1.98 bits per heavy atom. The highest BCUT2D eigenvalue weighted by Gasteiger charge is 2.27. The van der Waals surface area contributed by atoms with Crippen LogP contribution in [0.25, 0.3) is 22.1 Å². The van der Waals surface area contributed by atoms with Crippen molar-refractivity contribution in [3.05, 3.63) is 93.8 Å². The molecule has 2 atom stereocenters. The van der Waals surface area contributed by atoms with Gasteiger partial charge in [-0.1, -0.05) is 36.7 Å². The van der Waals surface area contributed by atoms with E-state index in [2.05, 4.69) is 33.1 Å². The van der Waals surface area contributed by atoms with E-state index in [4.69, 9.17) is 26.3 Å². The fourth-order valence-electron chi connectivity index (χ4n) is 6.38. The van der Waals surface area contributed by atoms with Gasteiger partial charge in [-0.25, -0.2) is 19.2 Å². The Morgan fingerprint density at radius 1 is 1.12 bits per heavy atom. The summed E-state index contributed by atoms with van der Waals surface area (Å²) in [7, 11) is 0. The number of fused-ring (bicyclic) bond motifs is 4. The summed E-state index contributed by atoms with van der Waals surface area (Å²) in [6.07, 6.45) is 1.82. The molecule has 216 valence electrons. The fourth-order valence-corrected chi connectivity index (χ4v) is 6.54.